The Morgan fingerprint density at radius 1 is 0.917 bits per heavy atom. The van der Waals surface area contributed by atoms with Crippen LogP contribution in [0.4, 0.5) is 0 Å². The predicted molar refractivity (Wildman–Crippen MR) is 88.1 cm³/mol. The highest BCUT2D eigenvalue weighted by Crippen LogP contribution is 2.61. The van der Waals surface area contributed by atoms with Crippen molar-refractivity contribution >= 4 is 11.8 Å². The van der Waals surface area contributed by atoms with Gasteiger partial charge in [-0.15, -0.1) is 5.06 Å². The van der Waals surface area contributed by atoms with E-state index >= 15 is 0 Å². The van der Waals surface area contributed by atoms with Crippen LogP contribution >= 0.6 is 0 Å². The maximum absolute atomic E-state index is 12.3. The Kier molecular flexibility index (Phi) is 3.15. The Bertz CT molecular complexity index is 640. The van der Waals surface area contributed by atoms with Gasteiger partial charge in [0.1, 0.15) is 0 Å². The molecule has 0 unspecified atom stereocenters. The standard InChI is InChI=1S/C20H23NO3/c22-18-16-3-1-2-4-17(16)19(23)21(18)24-6-5-20-10-13-7-14(11-20)9-15(8-13)12-20/h1-4,13-15H,5-12H2. The largest absolute Gasteiger partial charge is 0.285 e. The summed E-state index contributed by atoms with van der Waals surface area (Å²) in [6, 6.07) is 6.95. The van der Waals surface area contributed by atoms with Crippen LogP contribution in [0.1, 0.15) is 65.7 Å². The summed E-state index contributed by atoms with van der Waals surface area (Å²) in [7, 11) is 0. The molecule has 1 aromatic rings. The molecule has 6 rings (SSSR count). The van der Waals surface area contributed by atoms with Gasteiger partial charge < -0.3 is 0 Å². The Labute approximate surface area is 142 Å². The number of benzene rings is 1. The zero-order valence-corrected chi connectivity index (χ0v) is 13.9. The molecule has 4 nitrogen and oxygen atoms in total. The monoisotopic (exact) mass is 325 g/mol. The van der Waals surface area contributed by atoms with Crippen LogP contribution in [0.5, 0.6) is 0 Å². The third kappa shape index (κ3) is 2.16. The summed E-state index contributed by atoms with van der Waals surface area (Å²) in [5, 5.41) is 0.977. The smallest absolute Gasteiger partial charge is 0.266 e. The molecule has 1 aliphatic heterocycles. The predicted octanol–water partition coefficient (Wildman–Crippen LogP) is 3.82. The lowest BCUT2D eigenvalue weighted by molar-refractivity contribution is -0.120. The van der Waals surface area contributed by atoms with E-state index in [9.17, 15) is 9.59 Å². The van der Waals surface area contributed by atoms with Gasteiger partial charge in [-0.2, -0.15) is 0 Å². The van der Waals surface area contributed by atoms with E-state index in [1.807, 2.05) is 0 Å². The number of hydroxylamine groups is 2. The van der Waals surface area contributed by atoms with Crippen LogP contribution in [0.15, 0.2) is 24.3 Å². The number of imide groups is 1. The quantitative estimate of drug-likeness (QED) is 0.791. The van der Waals surface area contributed by atoms with Gasteiger partial charge in [-0.25, -0.2) is 0 Å². The topological polar surface area (TPSA) is 46.6 Å². The van der Waals surface area contributed by atoms with Gasteiger partial charge in [-0.3, -0.25) is 14.4 Å². The fraction of sp³-hybridized carbons (Fsp3) is 0.600. The van der Waals surface area contributed by atoms with Crippen LogP contribution in [-0.4, -0.2) is 23.5 Å². The molecule has 0 aromatic heterocycles. The van der Waals surface area contributed by atoms with Crippen LogP contribution in [0.2, 0.25) is 0 Å². The second kappa shape index (κ2) is 5.16. The first-order valence-electron chi connectivity index (χ1n) is 9.24. The lowest BCUT2D eigenvalue weighted by atomic mass is 9.49. The van der Waals surface area contributed by atoms with Crippen molar-refractivity contribution in [1.82, 2.24) is 5.06 Å². The van der Waals surface area contributed by atoms with Gasteiger partial charge in [0.2, 0.25) is 0 Å². The van der Waals surface area contributed by atoms with Gasteiger partial charge in [0.15, 0.2) is 0 Å². The molecule has 5 aliphatic rings. The summed E-state index contributed by atoms with van der Waals surface area (Å²) in [5.41, 5.74) is 1.32. The summed E-state index contributed by atoms with van der Waals surface area (Å²) in [6.07, 6.45) is 9.24. The van der Waals surface area contributed by atoms with Crippen molar-refractivity contribution in [3.05, 3.63) is 35.4 Å². The van der Waals surface area contributed by atoms with Gasteiger partial charge in [0.25, 0.3) is 11.8 Å². The van der Waals surface area contributed by atoms with Gasteiger partial charge in [0, 0.05) is 0 Å². The molecule has 0 N–H and O–H groups in total. The number of carbonyl (C=O) groups is 2. The zero-order chi connectivity index (χ0) is 16.3. The maximum Gasteiger partial charge on any atom is 0.285 e. The first-order chi connectivity index (χ1) is 11.6. The normalized spacial score (nSPS) is 36.5. The molecule has 24 heavy (non-hydrogen) atoms. The minimum absolute atomic E-state index is 0.318. The lowest BCUT2D eigenvalue weighted by Gasteiger charge is -2.57. The minimum atomic E-state index is -0.318. The van der Waals surface area contributed by atoms with Crippen LogP contribution in [-0.2, 0) is 4.84 Å². The first-order valence-corrected chi connectivity index (χ1v) is 9.24. The Morgan fingerprint density at radius 2 is 1.42 bits per heavy atom. The first kappa shape index (κ1) is 14.6. The van der Waals surface area contributed by atoms with E-state index in [1.54, 1.807) is 24.3 Å². The highest BCUT2D eigenvalue weighted by atomic mass is 16.7. The van der Waals surface area contributed by atoms with Gasteiger partial charge in [-0.1, -0.05) is 12.1 Å². The molecular formula is C20H23NO3. The maximum atomic E-state index is 12.3. The molecule has 1 aromatic carbocycles. The van der Waals surface area contributed by atoms with Crippen LogP contribution in [0.25, 0.3) is 0 Å². The van der Waals surface area contributed by atoms with Crippen molar-refractivity contribution in [2.45, 2.75) is 44.9 Å². The molecule has 4 heteroatoms. The summed E-state index contributed by atoms with van der Waals surface area (Å²) < 4.78 is 0. The summed E-state index contributed by atoms with van der Waals surface area (Å²) in [6.45, 7) is 0.470. The van der Waals surface area contributed by atoms with Crippen molar-refractivity contribution in [3.8, 4) is 0 Å². The van der Waals surface area contributed by atoms with Crippen LogP contribution in [0.3, 0.4) is 0 Å². The summed E-state index contributed by atoms with van der Waals surface area (Å²) in [5.74, 6) is 2.10. The van der Waals surface area contributed by atoms with Crippen LogP contribution < -0.4 is 0 Å². The molecule has 4 fully saturated rings. The van der Waals surface area contributed by atoms with Crippen molar-refractivity contribution in [2.24, 2.45) is 23.2 Å². The van der Waals surface area contributed by atoms with E-state index in [0.717, 1.165) is 29.2 Å². The highest BCUT2D eigenvalue weighted by Gasteiger charge is 2.50. The third-order valence-corrected chi connectivity index (χ3v) is 6.77. The molecule has 126 valence electrons. The zero-order valence-electron chi connectivity index (χ0n) is 13.9. The summed E-state index contributed by atoms with van der Waals surface area (Å²) >= 11 is 0. The summed E-state index contributed by atoms with van der Waals surface area (Å²) in [4.78, 5) is 30.4. The SMILES string of the molecule is O=C1c2ccccc2C(=O)N1OCCC12CC3CC(CC(C3)C1)C2. The van der Waals surface area contributed by atoms with Crippen molar-refractivity contribution in [3.63, 3.8) is 0 Å². The highest BCUT2D eigenvalue weighted by molar-refractivity contribution is 6.20. The van der Waals surface area contributed by atoms with Gasteiger partial charge >= 0.3 is 0 Å². The Hall–Kier alpha value is -1.68. The minimum Gasteiger partial charge on any atom is -0.266 e. The molecule has 1 heterocycles. The molecule has 4 bridgehead atoms. The van der Waals surface area contributed by atoms with E-state index < -0.39 is 0 Å². The molecule has 0 radical (unpaired) electrons. The number of fused-ring (bicyclic) bond motifs is 1. The van der Waals surface area contributed by atoms with Crippen LogP contribution in [0, 0.1) is 23.2 Å². The van der Waals surface area contributed by atoms with Gasteiger partial charge in [0.05, 0.1) is 17.7 Å². The second-order valence-corrected chi connectivity index (χ2v) is 8.45. The second-order valence-electron chi connectivity index (χ2n) is 8.45. The molecular weight excluding hydrogens is 302 g/mol. The average molecular weight is 325 g/mol. The molecule has 4 saturated carbocycles. The number of hydrogen-bond donors (Lipinski definition) is 0. The van der Waals surface area contributed by atoms with E-state index in [-0.39, 0.29) is 11.8 Å². The van der Waals surface area contributed by atoms with E-state index in [0.29, 0.717) is 23.1 Å². The van der Waals surface area contributed by atoms with Crippen molar-refractivity contribution in [1.29, 1.82) is 0 Å². The number of nitrogens with zero attached hydrogens (tertiary/aromatic N) is 1. The van der Waals surface area contributed by atoms with Crippen molar-refractivity contribution < 1.29 is 14.4 Å². The molecule has 0 saturated heterocycles. The Balaban J connectivity index is 1.25. The number of carbonyl (C=O) groups excluding carboxylic acids is 2. The van der Waals surface area contributed by atoms with Crippen molar-refractivity contribution in [2.75, 3.05) is 6.61 Å². The molecule has 0 spiro atoms. The Morgan fingerprint density at radius 3 is 1.92 bits per heavy atom. The number of amides is 2. The average Bonchev–Trinajstić information content (AvgIpc) is 2.79. The fourth-order valence-corrected chi connectivity index (χ4v) is 6.23. The van der Waals surface area contributed by atoms with E-state index in [2.05, 4.69) is 0 Å². The lowest BCUT2D eigenvalue weighted by Crippen LogP contribution is -2.46. The molecule has 0 atom stereocenters. The van der Waals surface area contributed by atoms with E-state index in [1.165, 1.54) is 38.5 Å². The molecule has 2 amide bonds. The van der Waals surface area contributed by atoms with E-state index in [4.69, 9.17) is 4.84 Å². The number of hydrogen-bond acceptors (Lipinski definition) is 3. The molecule has 4 aliphatic carbocycles. The fourth-order valence-electron chi connectivity index (χ4n) is 6.23. The van der Waals surface area contributed by atoms with Gasteiger partial charge in [-0.05, 0) is 80.2 Å². The third-order valence-electron chi connectivity index (χ3n) is 6.77. The number of rotatable bonds is 4.